The van der Waals surface area contributed by atoms with Crippen molar-refractivity contribution < 1.29 is 8.42 Å². The Balaban J connectivity index is 2.56. The summed E-state index contributed by atoms with van der Waals surface area (Å²) >= 11 is 6.78. The Bertz CT molecular complexity index is 606. The Morgan fingerprint density at radius 2 is 2.05 bits per heavy atom. The molecule has 0 bridgehead atoms. The van der Waals surface area contributed by atoms with Gasteiger partial charge in [-0.05, 0) is 39.8 Å². The second-order valence-corrected chi connectivity index (χ2v) is 9.30. The van der Waals surface area contributed by atoms with Crippen LogP contribution in [-0.4, -0.2) is 39.6 Å². The first-order valence-electron chi connectivity index (χ1n) is 6.95. The van der Waals surface area contributed by atoms with Crippen LogP contribution in [0.3, 0.4) is 0 Å². The molecular formula is C13H23ClN4O2S2. The van der Waals surface area contributed by atoms with Crippen LogP contribution in [0.15, 0.2) is 21.3 Å². The van der Waals surface area contributed by atoms with Gasteiger partial charge in [0.2, 0.25) is 10.0 Å². The Kier molecular flexibility index (Phi) is 7.11. The standard InChI is InChI=1S/C13H23ClN4O2S2/c1-5-15-12(18-13(2,3)4)16-8-9-17-22(19,20)11-7-6-10(14)21-11/h6-7,17H,5,8-9H2,1-4H3,(H2,15,16,18). The lowest BCUT2D eigenvalue weighted by atomic mass is 10.1. The van der Waals surface area contributed by atoms with Crippen molar-refractivity contribution in [1.82, 2.24) is 15.4 Å². The minimum atomic E-state index is -3.51. The molecule has 0 amide bonds. The average molecular weight is 367 g/mol. The molecule has 0 aromatic carbocycles. The third kappa shape index (κ3) is 6.95. The number of nitrogens with zero attached hydrogens (tertiary/aromatic N) is 1. The molecule has 0 aliphatic rings. The molecule has 22 heavy (non-hydrogen) atoms. The van der Waals surface area contributed by atoms with Gasteiger partial charge in [-0.2, -0.15) is 0 Å². The number of nitrogens with one attached hydrogen (secondary N) is 3. The molecule has 0 radical (unpaired) electrons. The van der Waals surface area contributed by atoms with Crippen molar-refractivity contribution in [3.05, 3.63) is 16.5 Å². The number of hydrogen-bond acceptors (Lipinski definition) is 4. The lowest BCUT2D eigenvalue weighted by molar-refractivity contribution is 0.501. The number of aliphatic imine (C=N–C) groups is 1. The summed E-state index contributed by atoms with van der Waals surface area (Å²) in [6.45, 7) is 9.36. The maximum Gasteiger partial charge on any atom is 0.250 e. The summed E-state index contributed by atoms with van der Waals surface area (Å²) in [5.74, 6) is 0.661. The highest BCUT2D eigenvalue weighted by atomic mass is 35.5. The van der Waals surface area contributed by atoms with E-state index in [1.807, 2.05) is 27.7 Å². The van der Waals surface area contributed by atoms with Crippen LogP contribution < -0.4 is 15.4 Å². The lowest BCUT2D eigenvalue weighted by Crippen LogP contribution is -2.47. The van der Waals surface area contributed by atoms with Gasteiger partial charge < -0.3 is 10.6 Å². The summed E-state index contributed by atoms with van der Waals surface area (Å²) < 4.78 is 27.2. The molecule has 0 unspecified atom stereocenters. The SMILES string of the molecule is CCNC(=NCCNS(=O)(=O)c1ccc(Cl)s1)NC(C)(C)C. The van der Waals surface area contributed by atoms with Crippen molar-refractivity contribution in [3.8, 4) is 0 Å². The molecule has 0 saturated heterocycles. The molecule has 6 nitrogen and oxygen atoms in total. The largest absolute Gasteiger partial charge is 0.357 e. The van der Waals surface area contributed by atoms with E-state index in [2.05, 4.69) is 20.3 Å². The average Bonchev–Trinajstić information content (AvgIpc) is 2.80. The highest BCUT2D eigenvalue weighted by molar-refractivity contribution is 7.91. The topological polar surface area (TPSA) is 82.6 Å². The van der Waals surface area contributed by atoms with E-state index in [0.717, 1.165) is 17.9 Å². The smallest absolute Gasteiger partial charge is 0.250 e. The Hall–Kier alpha value is -0.830. The number of halogens is 1. The molecule has 0 aliphatic carbocycles. The zero-order valence-corrected chi connectivity index (χ0v) is 15.6. The first-order chi connectivity index (χ1) is 10.1. The molecule has 1 aromatic rings. The Labute approximate surface area is 141 Å². The van der Waals surface area contributed by atoms with Crippen LogP contribution in [0.25, 0.3) is 0 Å². The summed E-state index contributed by atoms with van der Waals surface area (Å²) in [6.07, 6.45) is 0. The Morgan fingerprint density at radius 1 is 1.36 bits per heavy atom. The molecule has 0 fully saturated rings. The normalized spacial score (nSPS) is 13.2. The van der Waals surface area contributed by atoms with Gasteiger partial charge in [-0.1, -0.05) is 11.6 Å². The van der Waals surface area contributed by atoms with E-state index in [9.17, 15) is 8.42 Å². The van der Waals surface area contributed by atoms with E-state index >= 15 is 0 Å². The van der Waals surface area contributed by atoms with Crippen molar-refractivity contribution >= 4 is 38.9 Å². The van der Waals surface area contributed by atoms with Gasteiger partial charge in [0.1, 0.15) is 4.21 Å². The predicted molar refractivity (Wildman–Crippen MR) is 93.4 cm³/mol. The van der Waals surface area contributed by atoms with Crippen LogP contribution in [0.4, 0.5) is 0 Å². The van der Waals surface area contributed by atoms with Gasteiger partial charge in [0.25, 0.3) is 0 Å². The number of thiophene rings is 1. The summed E-state index contributed by atoms with van der Waals surface area (Å²) in [5.41, 5.74) is -0.117. The van der Waals surface area contributed by atoms with Crippen molar-refractivity contribution in [2.45, 2.75) is 37.4 Å². The van der Waals surface area contributed by atoms with E-state index in [1.54, 1.807) is 6.07 Å². The lowest BCUT2D eigenvalue weighted by Gasteiger charge is -2.23. The summed E-state index contributed by atoms with van der Waals surface area (Å²) in [7, 11) is -3.51. The molecule has 0 atom stereocenters. The molecule has 3 N–H and O–H groups in total. The monoisotopic (exact) mass is 366 g/mol. The summed E-state index contributed by atoms with van der Waals surface area (Å²) in [5, 5.41) is 6.35. The van der Waals surface area contributed by atoms with Crippen LogP contribution in [0.2, 0.25) is 4.34 Å². The first kappa shape index (κ1) is 19.2. The quantitative estimate of drug-likeness (QED) is 0.408. The minimum Gasteiger partial charge on any atom is -0.357 e. The Morgan fingerprint density at radius 3 is 2.55 bits per heavy atom. The van der Waals surface area contributed by atoms with Crippen molar-refractivity contribution in [3.63, 3.8) is 0 Å². The van der Waals surface area contributed by atoms with Crippen molar-refractivity contribution in [2.24, 2.45) is 4.99 Å². The highest BCUT2D eigenvalue weighted by Gasteiger charge is 2.16. The van der Waals surface area contributed by atoms with E-state index in [0.29, 0.717) is 16.8 Å². The van der Waals surface area contributed by atoms with E-state index in [-0.39, 0.29) is 16.3 Å². The van der Waals surface area contributed by atoms with Gasteiger partial charge in [-0.3, -0.25) is 4.99 Å². The number of hydrogen-bond donors (Lipinski definition) is 3. The molecule has 126 valence electrons. The van der Waals surface area contributed by atoms with Crippen molar-refractivity contribution in [1.29, 1.82) is 0 Å². The molecule has 0 spiro atoms. The fourth-order valence-corrected chi connectivity index (χ4v) is 4.07. The molecule has 1 rings (SSSR count). The van der Waals surface area contributed by atoms with Crippen molar-refractivity contribution in [2.75, 3.05) is 19.6 Å². The summed E-state index contributed by atoms with van der Waals surface area (Å²) in [6, 6.07) is 3.05. The zero-order chi connectivity index (χ0) is 16.8. The van der Waals surface area contributed by atoms with Crippen LogP contribution in [-0.2, 0) is 10.0 Å². The van der Waals surface area contributed by atoms with E-state index in [4.69, 9.17) is 11.6 Å². The van der Waals surface area contributed by atoms with Gasteiger partial charge in [-0.15, -0.1) is 11.3 Å². The molecule has 1 heterocycles. The second-order valence-electron chi connectivity index (χ2n) is 5.59. The van der Waals surface area contributed by atoms with Crippen LogP contribution in [0.1, 0.15) is 27.7 Å². The zero-order valence-electron chi connectivity index (χ0n) is 13.2. The van der Waals surface area contributed by atoms with Gasteiger partial charge in [-0.25, -0.2) is 13.1 Å². The fraction of sp³-hybridized carbons (Fsp3) is 0.615. The minimum absolute atomic E-state index is 0.117. The van der Waals surface area contributed by atoms with Gasteiger partial charge in [0.05, 0.1) is 10.9 Å². The van der Waals surface area contributed by atoms with E-state index < -0.39 is 10.0 Å². The first-order valence-corrected chi connectivity index (χ1v) is 9.63. The maximum absolute atomic E-state index is 12.0. The maximum atomic E-state index is 12.0. The third-order valence-corrected chi connectivity index (χ3v) is 5.51. The summed E-state index contributed by atoms with van der Waals surface area (Å²) in [4.78, 5) is 4.35. The molecule has 0 saturated carbocycles. The van der Waals surface area contributed by atoms with Gasteiger partial charge >= 0.3 is 0 Å². The number of sulfonamides is 1. The molecular weight excluding hydrogens is 344 g/mol. The fourth-order valence-electron chi connectivity index (χ4n) is 1.52. The molecule has 1 aromatic heterocycles. The van der Waals surface area contributed by atoms with Gasteiger partial charge in [0.15, 0.2) is 5.96 Å². The van der Waals surface area contributed by atoms with E-state index in [1.165, 1.54) is 6.07 Å². The van der Waals surface area contributed by atoms with Crippen LogP contribution >= 0.6 is 22.9 Å². The van der Waals surface area contributed by atoms with Gasteiger partial charge in [0, 0.05) is 18.6 Å². The number of rotatable bonds is 6. The molecule has 9 heteroatoms. The molecule has 0 aliphatic heterocycles. The predicted octanol–water partition coefficient (Wildman–Crippen LogP) is 2.03. The number of guanidine groups is 1. The van der Waals surface area contributed by atoms with Crippen LogP contribution in [0.5, 0.6) is 0 Å². The highest BCUT2D eigenvalue weighted by Crippen LogP contribution is 2.25. The second kappa shape index (κ2) is 8.14. The third-order valence-electron chi connectivity index (χ3n) is 2.32. The van der Waals surface area contributed by atoms with Crippen LogP contribution in [0, 0.1) is 0 Å².